The van der Waals surface area contributed by atoms with Gasteiger partial charge in [0.25, 0.3) is 0 Å². The van der Waals surface area contributed by atoms with Crippen LogP contribution in [0.4, 0.5) is 0 Å². The first-order chi connectivity index (χ1) is 9.88. The van der Waals surface area contributed by atoms with Gasteiger partial charge in [-0.05, 0) is 37.1 Å². The van der Waals surface area contributed by atoms with E-state index >= 15 is 0 Å². The van der Waals surface area contributed by atoms with Crippen LogP contribution in [0, 0.1) is 11.8 Å². The standard InChI is InChI=1S/C18H17ClO/c19-13-5-10-17-16-9-4-1-6-14(16)11-12-18(17)20-15-7-2-3-8-15/h1,4,6,9,11-12,15H,2-3,7-8,13H2. The van der Waals surface area contributed by atoms with E-state index in [4.69, 9.17) is 16.3 Å². The van der Waals surface area contributed by atoms with E-state index in [9.17, 15) is 0 Å². The zero-order valence-corrected chi connectivity index (χ0v) is 12.1. The summed E-state index contributed by atoms with van der Waals surface area (Å²) in [7, 11) is 0. The van der Waals surface area contributed by atoms with Crippen molar-refractivity contribution in [1.82, 2.24) is 0 Å². The molecule has 0 bridgehead atoms. The van der Waals surface area contributed by atoms with Crippen molar-refractivity contribution in [2.24, 2.45) is 0 Å². The van der Waals surface area contributed by atoms with Crippen molar-refractivity contribution < 1.29 is 4.74 Å². The van der Waals surface area contributed by atoms with Gasteiger partial charge in [-0.15, -0.1) is 11.6 Å². The van der Waals surface area contributed by atoms with E-state index in [1.165, 1.54) is 18.2 Å². The molecule has 0 N–H and O–H groups in total. The number of rotatable bonds is 2. The third-order valence-corrected chi connectivity index (χ3v) is 3.90. The monoisotopic (exact) mass is 284 g/mol. The summed E-state index contributed by atoms with van der Waals surface area (Å²) >= 11 is 5.71. The van der Waals surface area contributed by atoms with Gasteiger partial charge in [0.2, 0.25) is 0 Å². The molecule has 102 valence electrons. The number of benzene rings is 2. The van der Waals surface area contributed by atoms with Crippen molar-refractivity contribution in [2.45, 2.75) is 31.8 Å². The largest absolute Gasteiger partial charge is 0.489 e. The second kappa shape index (κ2) is 6.20. The van der Waals surface area contributed by atoms with Gasteiger partial charge < -0.3 is 4.74 Å². The van der Waals surface area contributed by atoms with Crippen LogP contribution in [-0.2, 0) is 0 Å². The second-order valence-electron chi connectivity index (χ2n) is 5.12. The molecule has 0 spiro atoms. The fraction of sp³-hybridized carbons (Fsp3) is 0.333. The SMILES string of the molecule is ClCC#Cc1c(OC2CCCC2)ccc2ccccc12. The molecule has 2 heteroatoms. The van der Waals surface area contributed by atoms with Gasteiger partial charge in [-0.2, -0.15) is 0 Å². The number of fused-ring (bicyclic) bond motifs is 1. The number of halogens is 1. The molecule has 2 aromatic carbocycles. The highest BCUT2D eigenvalue weighted by atomic mass is 35.5. The number of alkyl halides is 1. The van der Waals surface area contributed by atoms with E-state index in [0.717, 1.165) is 29.5 Å². The smallest absolute Gasteiger partial charge is 0.135 e. The van der Waals surface area contributed by atoms with Gasteiger partial charge in [0.15, 0.2) is 0 Å². The van der Waals surface area contributed by atoms with Gasteiger partial charge >= 0.3 is 0 Å². The third kappa shape index (κ3) is 2.76. The summed E-state index contributed by atoms with van der Waals surface area (Å²) in [5.41, 5.74) is 0.968. The lowest BCUT2D eigenvalue weighted by atomic mass is 10.0. The third-order valence-electron chi connectivity index (χ3n) is 3.77. The Kier molecular flexibility index (Phi) is 4.14. The number of ether oxygens (including phenoxy) is 1. The minimum Gasteiger partial charge on any atom is -0.489 e. The Morgan fingerprint density at radius 2 is 1.90 bits per heavy atom. The lowest BCUT2D eigenvalue weighted by Crippen LogP contribution is -2.11. The molecule has 0 saturated heterocycles. The summed E-state index contributed by atoms with van der Waals surface area (Å²) in [6.45, 7) is 0. The molecule has 1 nitrogen and oxygen atoms in total. The van der Waals surface area contributed by atoms with Crippen molar-refractivity contribution in [1.29, 1.82) is 0 Å². The molecule has 0 heterocycles. The summed E-state index contributed by atoms with van der Waals surface area (Å²) in [6, 6.07) is 12.4. The van der Waals surface area contributed by atoms with Gasteiger partial charge in [0.1, 0.15) is 5.75 Å². The highest BCUT2D eigenvalue weighted by molar-refractivity contribution is 6.19. The van der Waals surface area contributed by atoms with E-state index in [0.29, 0.717) is 12.0 Å². The summed E-state index contributed by atoms with van der Waals surface area (Å²) in [5, 5.41) is 2.32. The normalized spacial score (nSPS) is 15.1. The van der Waals surface area contributed by atoms with Crippen molar-refractivity contribution >= 4 is 22.4 Å². The van der Waals surface area contributed by atoms with E-state index in [1.54, 1.807) is 0 Å². The van der Waals surface area contributed by atoms with Crippen LogP contribution in [0.25, 0.3) is 10.8 Å². The Morgan fingerprint density at radius 1 is 1.10 bits per heavy atom. The molecule has 1 fully saturated rings. The lowest BCUT2D eigenvalue weighted by Gasteiger charge is -2.15. The van der Waals surface area contributed by atoms with Crippen molar-refractivity contribution in [2.75, 3.05) is 5.88 Å². The van der Waals surface area contributed by atoms with Crippen LogP contribution in [-0.4, -0.2) is 12.0 Å². The van der Waals surface area contributed by atoms with Crippen LogP contribution >= 0.6 is 11.6 Å². The van der Waals surface area contributed by atoms with Crippen LogP contribution in [0.5, 0.6) is 5.75 Å². The Morgan fingerprint density at radius 3 is 2.70 bits per heavy atom. The molecule has 0 aliphatic heterocycles. The molecule has 0 unspecified atom stereocenters. The van der Waals surface area contributed by atoms with Crippen LogP contribution < -0.4 is 4.74 Å². The summed E-state index contributed by atoms with van der Waals surface area (Å²) in [4.78, 5) is 0. The van der Waals surface area contributed by atoms with Gasteiger partial charge in [0, 0.05) is 5.39 Å². The van der Waals surface area contributed by atoms with Crippen LogP contribution in [0.3, 0.4) is 0 Å². The summed E-state index contributed by atoms with van der Waals surface area (Å²) in [5.74, 6) is 7.37. The van der Waals surface area contributed by atoms with Crippen molar-refractivity contribution in [3.8, 4) is 17.6 Å². The molecule has 0 amide bonds. The zero-order valence-electron chi connectivity index (χ0n) is 11.4. The van der Waals surface area contributed by atoms with Gasteiger partial charge in [-0.25, -0.2) is 0 Å². The number of hydrogen-bond donors (Lipinski definition) is 0. The zero-order chi connectivity index (χ0) is 13.8. The average Bonchev–Trinajstić information content (AvgIpc) is 2.99. The quantitative estimate of drug-likeness (QED) is 0.571. The van der Waals surface area contributed by atoms with Crippen LogP contribution in [0.1, 0.15) is 31.2 Å². The molecular formula is C18H17ClO. The van der Waals surface area contributed by atoms with E-state index in [1.807, 2.05) is 18.2 Å². The molecule has 20 heavy (non-hydrogen) atoms. The van der Waals surface area contributed by atoms with Crippen molar-refractivity contribution in [3.05, 3.63) is 42.0 Å². The molecule has 3 rings (SSSR count). The Labute approximate surface area is 124 Å². The molecule has 1 saturated carbocycles. The Bertz CT molecular complexity index is 660. The topological polar surface area (TPSA) is 9.23 Å². The predicted octanol–water partition coefficient (Wildman–Crippen LogP) is 4.75. The molecule has 0 atom stereocenters. The summed E-state index contributed by atoms with van der Waals surface area (Å²) < 4.78 is 6.17. The molecule has 1 aliphatic rings. The van der Waals surface area contributed by atoms with Gasteiger partial charge in [-0.3, -0.25) is 0 Å². The Balaban J connectivity index is 2.05. The predicted molar refractivity (Wildman–Crippen MR) is 84.4 cm³/mol. The second-order valence-corrected chi connectivity index (χ2v) is 5.39. The average molecular weight is 285 g/mol. The minimum atomic E-state index is 0.339. The van der Waals surface area contributed by atoms with Gasteiger partial charge in [-0.1, -0.05) is 42.2 Å². The first-order valence-electron chi connectivity index (χ1n) is 7.12. The number of hydrogen-bond acceptors (Lipinski definition) is 1. The first-order valence-corrected chi connectivity index (χ1v) is 7.65. The minimum absolute atomic E-state index is 0.339. The van der Waals surface area contributed by atoms with E-state index < -0.39 is 0 Å². The maximum absolute atomic E-state index is 6.17. The highest BCUT2D eigenvalue weighted by Crippen LogP contribution is 2.31. The fourth-order valence-electron chi connectivity index (χ4n) is 2.79. The molecule has 0 aromatic heterocycles. The van der Waals surface area contributed by atoms with Crippen LogP contribution in [0.15, 0.2) is 36.4 Å². The molecule has 0 radical (unpaired) electrons. The van der Waals surface area contributed by atoms with Gasteiger partial charge in [0.05, 0.1) is 17.5 Å². The lowest BCUT2D eigenvalue weighted by molar-refractivity contribution is 0.210. The van der Waals surface area contributed by atoms with E-state index in [2.05, 4.69) is 30.0 Å². The maximum Gasteiger partial charge on any atom is 0.135 e. The van der Waals surface area contributed by atoms with Crippen LogP contribution in [0.2, 0.25) is 0 Å². The van der Waals surface area contributed by atoms with Crippen molar-refractivity contribution in [3.63, 3.8) is 0 Å². The maximum atomic E-state index is 6.17. The molecular weight excluding hydrogens is 268 g/mol. The highest BCUT2D eigenvalue weighted by Gasteiger charge is 2.18. The fourth-order valence-corrected chi connectivity index (χ4v) is 2.85. The molecule has 1 aliphatic carbocycles. The summed E-state index contributed by atoms with van der Waals surface area (Å²) in [6.07, 6.45) is 5.17. The molecule has 2 aromatic rings. The first kappa shape index (κ1) is 13.3. The van der Waals surface area contributed by atoms with E-state index in [-0.39, 0.29) is 0 Å². The Hall–Kier alpha value is -1.65.